The summed E-state index contributed by atoms with van der Waals surface area (Å²) in [5, 5.41) is 0. The Labute approximate surface area is 131 Å². The molecule has 0 aliphatic rings. The first kappa shape index (κ1) is 16.5. The van der Waals surface area contributed by atoms with E-state index in [0.717, 1.165) is 13.1 Å². The predicted molar refractivity (Wildman–Crippen MR) is 84.6 cm³/mol. The van der Waals surface area contributed by atoms with Crippen LogP contribution in [-0.4, -0.2) is 33.4 Å². The predicted octanol–water partition coefficient (Wildman–Crippen LogP) is 1.94. The van der Waals surface area contributed by atoms with Crippen molar-refractivity contribution in [2.75, 3.05) is 33.4 Å². The summed E-state index contributed by atoms with van der Waals surface area (Å²) in [4.78, 5) is 1.41. The summed E-state index contributed by atoms with van der Waals surface area (Å²) < 4.78 is 23.8. The highest BCUT2D eigenvalue weighted by atomic mass is 19.1. The first-order chi connectivity index (χ1) is 10.7. The Morgan fingerprint density at radius 1 is 0.909 bits per heavy atom. The number of quaternary nitrogens is 1. The second kappa shape index (κ2) is 9.18. The Bertz CT molecular complexity index is 531. The maximum absolute atomic E-state index is 12.7. The van der Waals surface area contributed by atoms with Crippen molar-refractivity contribution < 1.29 is 18.8 Å². The lowest BCUT2D eigenvalue weighted by molar-refractivity contribution is -0.894. The zero-order valence-electron chi connectivity index (χ0n) is 12.9. The monoisotopic (exact) mass is 304 g/mol. The van der Waals surface area contributed by atoms with Gasteiger partial charge in [-0.25, -0.2) is 4.39 Å². The van der Waals surface area contributed by atoms with Crippen LogP contribution in [0.5, 0.6) is 5.75 Å². The van der Waals surface area contributed by atoms with Gasteiger partial charge in [-0.2, -0.15) is 0 Å². The molecule has 118 valence electrons. The third-order valence-corrected chi connectivity index (χ3v) is 3.33. The molecule has 0 saturated heterocycles. The fraction of sp³-hybridized carbons (Fsp3) is 0.333. The molecule has 2 aromatic rings. The van der Waals surface area contributed by atoms with Gasteiger partial charge in [-0.05, 0) is 24.3 Å². The van der Waals surface area contributed by atoms with Gasteiger partial charge in [0, 0.05) is 5.56 Å². The SMILES string of the molecule is C[NH+](CCOCCOc1ccc(F)cc1)Cc1ccccc1. The molecule has 1 unspecified atom stereocenters. The van der Waals surface area contributed by atoms with Crippen LogP contribution < -0.4 is 9.64 Å². The van der Waals surface area contributed by atoms with Crippen LogP contribution in [0.3, 0.4) is 0 Å². The van der Waals surface area contributed by atoms with E-state index in [1.807, 2.05) is 6.07 Å². The van der Waals surface area contributed by atoms with Gasteiger partial charge in [-0.1, -0.05) is 30.3 Å². The molecule has 0 amide bonds. The lowest BCUT2D eigenvalue weighted by Crippen LogP contribution is -3.08. The summed E-state index contributed by atoms with van der Waals surface area (Å²) in [5.41, 5.74) is 1.33. The molecule has 22 heavy (non-hydrogen) atoms. The smallest absolute Gasteiger partial charge is 0.123 e. The molecular formula is C18H23FNO2+. The van der Waals surface area contributed by atoms with Crippen LogP contribution in [0.1, 0.15) is 5.56 Å². The van der Waals surface area contributed by atoms with Crippen LogP contribution in [0.25, 0.3) is 0 Å². The quantitative estimate of drug-likeness (QED) is 0.716. The average Bonchev–Trinajstić information content (AvgIpc) is 2.53. The molecule has 0 spiro atoms. The topological polar surface area (TPSA) is 22.9 Å². The van der Waals surface area contributed by atoms with Gasteiger partial charge in [0.15, 0.2) is 0 Å². The van der Waals surface area contributed by atoms with E-state index in [4.69, 9.17) is 9.47 Å². The summed E-state index contributed by atoms with van der Waals surface area (Å²) in [6, 6.07) is 16.4. The molecule has 1 atom stereocenters. The van der Waals surface area contributed by atoms with Gasteiger partial charge in [0.05, 0.1) is 20.3 Å². The van der Waals surface area contributed by atoms with E-state index in [1.54, 1.807) is 12.1 Å². The third kappa shape index (κ3) is 6.24. The molecule has 0 saturated carbocycles. The van der Waals surface area contributed by atoms with Gasteiger partial charge in [-0.3, -0.25) is 0 Å². The van der Waals surface area contributed by atoms with Gasteiger partial charge in [-0.15, -0.1) is 0 Å². The molecule has 0 aliphatic carbocycles. The molecule has 0 bridgehead atoms. The van der Waals surface area contributed by atoms with Crippen LogP contribution in [0, 0.1) is 5.82 Å². The molecule has 2 aromatic carbocycles. The maximum Gasteiger partial charge on any atom is 0.123 e. The van der Waals surface area contributed by atoms with Gasteiger partial charge in [0.2, 0.25) is 0 Å². The number of ether oxygens (including phenoxy) is 2. The Balaban J connectivity index is 1.53. The van der Waals surface area contributed by atoms with Gasteiger partial charge >= 0.3 is 0 Å². The van der Waals surface area contributed by atoms with E-state index < -0.39 is 0 Å². The van der Waals surface area contributed by atoms with E-state index >= 15 is 0 Å². The summed E-state index contributed by atoms with van der Waals surface area (Å²) in [6.45, 7) is 3.66. The zero-order chi connectivity index (χ0) is 15.6. The fourth-order valence-corrected chi connectivity index (χ4v) is 2.13. The number of rotatable bonds is 9. The normalized spacial score (nSPS) is 12.1. The Kier molecular flexibility index (Phi) is 6.87. The van der Waals surface area contributed by atoms with Crippen LogP contribution in [0.2, 0.25) is 0 Å². The van der Waals surface area contributed by atoms with Crippen molar-refractivity contribution in [1.29, 1.82) is 0 Å². The molecule has 0 fully saturated rings. The highest BCUT2D eigenvalue weighted by molar-refractivity contribution is 5.21. The molecule has 0 aromatic heterocycles. The molecule has 4 heteroatoms. The lowest BCUT2D eigenvalue weighted by Gasteiger charge is -2.14. The van der Waals surface area contributed by atoms with Crippen molar-refractivity contribution in [3.05, 3.63) is 66.0 Å². The largest absolute Gasteiger partial charge is 0.491 e. The van der Waals surface area contributed by atoms with Gasteiger partial charge < -0.3 is 14.4 Å². The second-order valence-electron chi connectivity index (χ2n) is 5.28. The minimum absolute atomic E-state index is 0.256. The van der Waals surface area contributed by atoms with E-state index in [9.17, 15) is 4.39 Å². The Hall–Kier alpha value is -1.91. The van der Waals surface area contributed by atoms with Crippen molar-refractivity contribution in [2.45, 2.75) is 6.54 Å². The molecule has 2 rings (SSSR count). The summed E-state index contributed by atoms with van der Waals surface area (Å²) in [5.74, 6) is 0.407. The summed E-state index contributed by atoms with van der Waals surface area (Å²) in [7, 11) is 2.16. The number of nitrogens with one attached hydrogen (secondary N) is 1. The number of likely N-dealkylation sites (N-methyl/N-ethyl adjacent to an activating group) is 1. The molecule has 0 heterocycles. The molecule has 0 radical (unpaired) electrons. The molecule has 3 nitrogen and oxygen atoms in total. The van der Waals surface area contributed by atoms with Crippen molar-refractivity contribution in [3.8, 4) is 5.75 Å². The Morgan fingerprint density at radius 3 is 2.36 bits per heavy atom. The van der Waals surface area contributed by atoms with Crippen molar-refractivity contribution in [3.63, 3.8) is 0 Å². The molecule has 0 aliphatic heterocycles. The Morgan fingerprint density at radius 2 is 1.64 bits per heavy atom. The number of benzene rings is 2. The van der Waals surface area contributed by atoms with E-state index in [2.05, 4.69) is 31.3 Å². The van der Waals surface area contributed by atoms with Crippen LogP contribution in [0.4, 0.5) is 4.39 Å². The van der Waals surface area contributed by atoms with Gasteiger partial charge in [0.25, 0.3) is 0 Å². The number of halogens is 1. The maximum atomic E-state index is 12.7. The number of hydrogen-bond acceptors (Lipinski definition) is 2. The molecule has 1 N–H and O–H groups in total. The standard InChI is InChI=1S/C18H22FNO2/c1-20(15-16-5-3-2-4-6-16)11-12-21-13-14-22-18-9-7-17(19)8-10-18/h2-10H,11-15H2,1H3/p+1. The van der Waals surface area contributed by atoms with E-state index in [0.29, 0.717) is 25.6 Å². The third-order valence-electron chi connectivity index (χ3n) is 3.33. The number of hydrogen-bond donors (Lipinski definition) is 1. The van der Waals surface area contributed by atoms with Crippen molar-refractivity contribution in [2.24, 2.45) is 0 Å². The average molecular weight is 304 g/mol. The molecular weight excluding hydrogens is 281 g/mol. The highest BCUT2D eigenvalue weighted by Crippen LogP contribution is 2.10. The highest BCUT2D eigenvalue weighted by Gasteiger charge is 2.03. The first-order valence-electron chi connectivity index (χ1n) is 7.55. The zero-order valence-corrected chi connectivity index (χ0v) is 12.9. The van der Waals surface area contributed by atoms with Crippen LogP contribution >= 0.6 is 0 Å². The van der Waals surface area contributed by atoms with E-state index in [-0.39, 0.29) is 5.82 Å². The van der Waals surface area contributed by atoms with Crippen molar-refractivity contribution >= 4 is 0 Å². The van der Waals surface area contributed by atoms with E-state index in [1.165, 1.54) is 22.6 Å². The van der Waals surface area contributed by atoms with Crippen molar-refractivity contribution in [1.82, 2.24) is 0 Å². The lowest BCUT2D eigenvalue weighted by atomic mass is 10.2. The van der Waals surface area contributed by atoms with Crippen LogP contribution in [0.15, 0.2) is 54.6 Å². The van der Waals surface area contributed by atoms with Crippen LogP contribution in [-0.2, 0) is 11.3 Å². The minimum Gasteiger partial charge on any atom is -0.491 e. The minimum atomic E-state index is -0.256. The summed E-state index contributed by atoms with van der Waals surface area (Å²) >= 11 is 0. The second-order valence-corrected chi connectivity index (χ2v) is 5.28. The summed E-state index contributed by atoms with van der Waals surface area (Å²) in [6.07, 6.45) is 0. The fourth-order valence-electron chi connectivity index (χ4n) is 2.13. The van der Waals surface area contributed by atoms with Gasteiger partial charge in [0.1, 0.15) is 31.3 Å². The first-order valence-corrected chi connectivity index (χ1v) is 7.55.